The fourth-order valence-corrected chi connectivity index (χ4v) is 2.51. The Labute approximate surface area is 87.3 Å². The van der Waals surface area contributed by atoms with Crippen LogP contribution in [0.15, 0.2) is 11.6 Å². The van der Waals surface area contributed by atoms with Crippen molar-refractivity contribution in [2.24, 2.45) is 5.41 Å². The summed E-state index contributed by atoms with van der Waals surface area (Å²) in [5, 5.41) is 12.2. The molecule has 1 saturated heterocycles. The number of hydrogen-bond donors (Lipinski definition) is 0. The van der Waals surface area contributed by atoms with Crippen LogP contribution in [0.25, 0.3) is 0 Å². The van der Waals surface area contributed by atoms with Gasteiger partial charge in [-0.2, -0.15) is 5.26 Å². The molecular weight excluding hydrogens is 196 g/mol. The van der Waals surface area contributed by atoms with Crippen LogP contribution in [0.2, 0.25) is 0 Å². The maximum absolute atomic E-state index is 9.19. The van der Waals surface area contributed by atoms with E-state index in [9.17, 15) is 5.26 Å². The van der Waals surface area contributed by atoms with Crippen LogP contribution in [0, 0.1) is 16.7 Å². The summed E-state index contributed by atoms with van der Waals surface area (Å²) in [6.07, 6.45) is 4.44. The summed E-state index contributed by atoms with van der Waals surface area (Å²) in [4.78, 5) is 4.22. The Morgan fingerprint density at radius 3 is 3.21 bits per heavy atom. The first-order chi connectivity index (χ1) is 6.85. The lowest BCUT2D eigenvalue weighted by Gasteiger charge is -2.29. The highest BCUT2D eigenvalue weighted by atomic mass is 32.1. The number of ether oxygens (including phenoxy) is 1. The topological polar surface area (TPSA) is 45.9 Å². The van der Waals surface area contributed by atoms with Crippen LogP contribution in [0.3, 0.4) is 0 Å². The number of nitrogens with zero attached hydrogens (tertiary/aromatic N) is 2. The van der Waals surface area contributed by atoms with Crippen molar-refractivity contribution in [3.8, 4) is 6.07 Å². The highest BCUT2D eigenvalue weighted by Gasteiger charge is 2.33. The second-order valence-corrected chi connectivity index (χ2v) is 4.63. The minimum atomic E-state index is -0.323. The molecule has 0 radical (unpaired) electrons. The van der Waals surface area contributed by atoms with E-state index in [1.54, 1.807) is 17.5 Å². The van der Waals surface area contributed by atoms with Crippen LogP contribution < -0.4 is 0 Å². The fraction of sp³-hybridized carbons (Fsp3) is 0.600. The van der Waals surface area contributed by atoms with Gasteiger partial charge in [-0.05, 0) is 12.8 Å². The molecule has 0 aliphatic carbocycles. The van der Waals surface area contributed by atoms with Crippen LogP contribution in [0.4, 0.5) is 0 Å². The van der Waals surface area contributed by atoms with Crippen LogP contribution in [0.1, 0.15) is 17.8 Å². The summed E-state index contributed by atoms with van der Waals surface area (Å²) >= 11 is 1.61. The number of nitriles is 1. The van der Waals surface area contributed by atoms with E-state index in [-0.39, 0.29) is 5.41 Å². The molecular formula is C10H12N2OS. The molecule has 0 saturated carbocycles. The molecule has 1 atom stereocenters. The molecule has 0 bridgehead atoms. The number of thiazole rings is 1. The molecule has 0 N–H and O–H groups in total. The Morgan fingerprint density at radius 1 is 1.71 bits per heavy atom. The van der Waals surface area contributed by atoms with Gasteiger partial charge in [0.2, 0.25) is 0 Å². The van der Waals surface area contributed by atoms with Crippen molar-refractivity contribution in [1.29, 1.82) is 5.26 Å². The third-order valence-electron chi connectivity index (χ3n) is 2.53. The van der Waals surface area contributed by atoms with Crippen LogP contribution in [-0.2, 0) is 11.2 Å². The first-order valence-corrected chi connectivity index (χ1v) is 5.60. The van der Waals surface area contributed by atoms with Crippen molar-refractivity contribution in [2.75, 3.05) is 13.2 Å². The lowest BCUT2D eigenvalue weighted by Crippen LogP contribution is -2.32. The van der Waals surface area contributed by atoms with Gasteiger partial charge in [0, 0.05) is 24.6 Å². The molecule has 2 rings (SSSR count). The summed E-state index contributed by atoms with van der Waals surface area (Å²) in [6, 6.07) is 2.40. The monoisotopic (exact) mass is 208 g/mol. The van der Waals surface area contributed by atoms with Crippen molar-refractivity contribution in [3.05, 3.63) is 16.6 Å². The highest BCUT2D eigenvalue weighted by Crippen LogP contribution is 2.32. The van der Waals surface area contributed by atoms with Gasteiger partial charge in [-0.1, -0.05) is 0 Å². The Morgan fingerprint density at radius 2 is 2.64 bits per heavy atom. The molecule has 1 unspecified atom stereocenters. The van der Waals surface area contributed by atoms with Gasteiger partial charge in [0.05, 0.1) is 23.1 Å². The summed E-state index contributed by atoms with van der Waals surface area (Å²) in [6.45, 7) is 1.35. The van der Waals surface area contributed by atoms with E-state index in [0.29, 0.717) is 6.61 Å². The molecule has 4 heteroatoms. The molecule has 74 valence electrons. The zero-order chi connectivity index (χ0) is 9.86. The molecule has 1 fully saturated rings. The lowest BCUT2D eigenvalue weighted by atomic mass is 9.81. The molecule has 2 heterocycles. The maximum atomic E-state index is 9.19. The van der Waals surface area contributed by atoms with Crippen molar-refractivity contribution in [3.63, 3.8) is 0 Å². The lowest BCUT2D eigenvalue weighted by molar-refractivity contribution is 0.0223. The third kappa shape index (κ3) is 1.94. The van der Waals surface area contributed by atoms with E-state index in [2.05, 4.69) is 11.1 Å². The molecule has 14 heavy (non-hydrogen) atoms. The molecule has 0 spiro atoms. The van der Waals surface area contributed by atoms with E-state index in [1.807, 2.05) is 5.38 Å². The van der Waals surface area contributed by atoms with Crippen LogP contribution in [-0.4, -0.2) is 18.2 Å². The Balaban J connectivity index is 2.09. The number of hydrogen-bond acceptors (Lipinski definition) is 4. The molecule has 3 nitrogen and oxygen atoms in total. The summed E-state index contributed by atoms with van der Waals surface area (Å²) in [7, 11) is 0. The second-order valence-electron chi connectivity index (χ2n) is 3.65. The highest BCUT2D eigenvalue weighted by molar-refractivity contribution is 7.09. The van der Waals surface area contributed by atoms with Crippen LogP contribution >= 0.6 is 11.3 Å². The van der Waals surface area contributed by atoms with E-state index in [4.69, 9.17) is 4.74 Å². The second kappa shape index (κ2) is 4.07. The fourth-order valence-electron chi connectivity index (χ4n) is 1.75. The van der Waals surface area contributed by atoms with E-state index >= 15 is 0 Å². The van der Waals surface area contributed by atoms with E-state index in [0.717, 1.165) is 30.9 Å². The summed E-state index contributed by atoms with van der Waals surface area (Å²) < 4.78 is 5.38. The van der Waals surface area contributed by atoms with E-state index < -0.39 is 0 Å². The van der Waals surface area contributed by atoms with Gasteiger partial charge in [0.25, 0.3) is 0 Å². The first kappa shape index (κ1) is 9.63. The summed E-state index contributed by atoms with van der Waals surface area (Å²) in [5.41, 5.74) is -0.323. The first-order valence-electron chi connectivity index (χ1n) is 4.72. The average Bonchev–Trinajstić information content (AvgIpc) is 2.72. The Hall–Kier alpha value is -0.920. The van der Waals surface area contributed by atoms with Crippen molar-refractivity contribution < 1.29 is 4.74 Å². The Kier molecular flexibility index (Phi) is 2.80. The van der Waals surface area contributed by atoms with Gasteiger partial charge >= 0.3 is 0 Å². The molecule has 1 aliphatic rings. The molecule has 1 aromatic rings. The van der Waals surface area contributed by atoms with Crippen molar-refractivity contribution >= 4 is 11.3 Å². The SMILES string of the molecule is N#CC1(Cc2nccs2)CCCOC1. The van der Waals surface area contributed by atoms with Crippen molar-refractivity contribution in [1.82, 2.24) is 4.98 Å². The molecule has 1 aliphatic heterocycles. The van der Waals surface area contributed by atoms with Crippen LogP contribution in [0.5, 0.6) is 0 Å². The van der Waals surface area contributed by atoms with Gasteiger partial charge in [-0.3, -0.25) is 0 Å². The predicted molar refractivity (Wildman–Crippen MR) is 53.9 cm³/mol. The number of rotatable bonds is 2. The Bertz CT molecular complexity index is 322. The molecule has 0 amide bonds. The third-order valence-corrected chi connectivity index (χ3v) is 3.31. The zero-order valence-electron chi connectivity index (χ0n) is 7.90. The minimum absolute atomic E-state index is 0.323. The average molecular weight is 208 g/mol. The maximum Gasteiger partial charge on any atom is 0.0941 e. The minimum Gasteiger partial charge on any atom is -0.380 e. The van der Waals surface area contributed by atoms with Gasteiger partial charge in [-0.15, -0.1) is 11.3 Å². The smallest absolute Gasteiger partial charge is 0.0941 e. The normalized spacial score (nSPS) is 27.1. The number of aromatic nitrogens is 1. The van der Waals surface area contributed by atoms with Gasteiger partial charge in [0.1, 0.15) is 0 Å². The van der Waals surface area contributed by atoms with Crippen molar-refractivity contribution in [2.45, 2.75) is 19.3 Å². The molecule has 0 aromatic carbocycles. The predicted octanol–water partition coefficient (Wildman–Crippen LogP) is 2.01. The van der Waals surface area contributed by atoms with Gasteiger partial charge in [0.15, 0.2) is 0 Å². The van der Waals surface area contributed by atoms with Gasteiger partial charge in [-0.25, -0.2) is 4.98 Å². The summed E-state index contributed by atoms with van der Waals surface area (Å²) in [5.74, 6) is 0. The largest absolute Gasteiger partial charge is 0.380 e. The quantitative estimate of drug-likeness (QED) is 0.746. The van der Waals surface area contributed by atoms with E-state index in [1.165, 1.54) is 0 Å². The molecule has 1 aromatic heterocycles. The zero-order valence-corrected chi connectivity index (χ0v) is 8.72. The van der Waals surface area contributed by atoms with Gasteiger partial charge < -0.3 is 4.74 Å². The standard InChI is InChI=1S/C10H12N2OS/c11-7-10(2-1-4-13-8-10)6-9-12-3-5-14-9/h3,5H,1-2,4,6,8H2.